The third-order valence-electron chi connectivity index (χ3n) is 5.65. The molecule has 1 aromatic carbocycles. The first-order valence-corrected chi connectivity index (χ1v) is 10.6. The summed E-state index contributed by atoms with van der Waals surface area (Å²) >= 11 is 6.11. The van der Waals surface area contributed by atoms with Crippen LogP contribution in [-0.4, -0.2) is 39.3 Å². The molecule has 1 N–H and O–H groups in total. The van der Waals surface area contributed by atoms with Gasteiger partial charge in [-0.25, -0.2) is 12.7 Å². The van der Waals surface area contributed by atoms with E-state index in [1.807, 2.05) is 0 Å². The molecule has 1 amide bonds. The van der Waals surface area contributed by atoms with Crippen molar-refractivity contribution in [2.75, 3.05) is 20.6 Å². The van der Waals surface area contributed by atoms with Gasteiger partial charge in [0, 0.05) is 20.6 Å². The van der Waals surface area contributed by atoms with Crippen molar-refractivity contribution >= 4 is 27.5 Å². The van der Waals surface area contributed by atoms with Crippen molar-refractivity contribution < 1.29 is 13.2 Å². The number of sulfonamides is 1. The molecule has 0 saturated heterocycles. The van der Waals surface area contributed by atoms with Gasteiger partial charge in [-0.3, -0.25) is 4.79 Å². The summed E-state index contributed by atoms with van der Waals surface area (Å²) in [5.74, 6) is 2.13. The molecule has 7 heteroatoms. The van der Waals surface area contributed by atoms with Crippen LogP contribution in [0, 0.1) is 17.8 Å². The van der Waals surface area contributed by atoms with Crippen LogP contribution in [0.3, 0.4) is 0 Å². The van der Waals surface area contributed by atoms with E-state index in [2.05, 4.69) is 5.32 Å². The normalized spacial score (nSPS) is 25.5. The Morgan fingerprint density at radius 1 is 1.28 bits per heavy atom. The summed E-state index contributed by atoms with van der Waals surface area (Å²) in [4.78, 5) is 12.5. The van der Waals surface area contributed by atoms with Gasteiger partial charge in [-0.2, -0.15) is 0 Å². The number of hydrogen-bond donors (Lipinski definition) is 1. The van der Waals surface area contributed by atoms with Crippen molar-refractivity contribution in [2.24, 2.45) is 17.8 Å². The topological polar surface area (TPSA) is 66.5 Å². The van der Waals surface area contributed by atoms with E-state index in [-0.39, 0.29) is 21.4 Å². The summed E-state index contributed by atoms with van der Waals surface area (Å²) < 4.78 is 25.6. The predicted octanol–water partition coefficient (Wildman–Crippen LogP) is 3.15. The number of benzene rings is 1. The molecule has 2 saturated carbocycles. The van der Waals surface area contributed by atoms with Crippen molar-refractivity contribution in [2.45, 2.75) is 37.0 Å². The molecule has 2 aliphatic carbocycles. The molecule has 138 valence electrons. The number of carbonyl (C=O) groups excluding carboxylic acids is 1. The molecule has 0 aliphatic heterocycles. The Morgan fingerprint density at radius 3 is 2.64 bits per heavy atom. The first kappa shape index (κ1) is 18.7. The predicted molar refractivity (Wildman–Crippen MR) is 98.2 cm³/mol. The molecule has 2 fully saturated rings. The molecule has 0 spiro atoms. The quantitative estimate of drug-likeness (QED) is 0.819. The van der Waals surface area contributed by atoms with Gasteiger partial charge in [0.25, 0.3) is 5.91 Å². The van der Waals surface area contributed by atoms with Crippen LogP contribution in [0.2, 0.25) is 5.02 Å². The first-order chi connectivity index (χ1) is 11.8. The molecule has 3 unspecified atom stereocenters. The van der Waals surface area contributed by atoms with E-state index in [4.69, 9.17) is 11.6 Å². The van der Waals surface area contributed by atoms with Gasteiger partial charge in [0.1, 0.15) is 0 Å². The highest BCUT2D eigenvalue weighted by Gasteiger charge is 2.38. The average Bonchev–Trinajstić information content (AvgIpc) is 3.17. The molecule has 3 atom stereocenters. The Hall–Kier alpha value is -1.11. The fourth-order valence-electron chi connectivity index (χ4n) is 4.25. The summed E-state index contributed by atoms with van der Waals surface area (Å²) in [7, 11) is -0.680. The minimum atomic E-state index is -3.59. The largest absolute Gasteiger partial charge is 0.352 e. The Balaban J connectivity index is 1.63. The monoisotopic (exact) mass is 384 g/mol. The lowest BCUT2D eigenvalue weighted by Gasteiger charge is -2.21. The molecule has 2 bridgehead atoms. The van der Waals surface area contributed by atoms with Gasteiger partial charge in [-0.1, -0.05) is 18.0 Å². The summed E-state index contributed by atoms with van der Waals surface area (Å²) in [6.45, 7) is 0.605. The van der Waals surface area contributed by atoms with Crippen LogP contribution in [0.25, 0.3) is 0 Å². The van der Waals surface area contributed by atoms with Crippen LogP contribution in [0.5, 0.6) is 0 Å². The van der Waals surface area contributed by atoms with E-state index in [1.165, 1.54) is 58.0 Å². The zero-order valence-corrected chi connectivity index (χ0v) is 16.2. The highest BCUT2D eigenvalue weighted by molar-refractivity contribution is 7.89. The lowest BCUT2D eigenvalue weighted by molar-refractivity contribution is 0.0949. The van der Waals surface area contributed by atoms with Gasteiger partial charge in [0.15, 0.2) is 0 Å². The molecule has 2 aliphatic rings. The van der Waals surface area contributed by atoms with Crippen molar-refractivity contribution in [1.82, 2.24) is 9.62 Å². The number of nitrogens with one attached hydrogen (secondary N) is 1. The van der Waals surface area contributed by atoms with E-state index < -0.39 is 10.0 Å². The summed E-state index contributed by atoms with van der Waals surface area (Å²) in [5.41, 5.74) is 0.206. The molecule has 25 heavy (non-hydrogen) atoms. The number of hydrogen-bond acceptors (Lipinski definition) is 3. The minimum absolute atomic E-state index is 0.0696. The molecule has 0 radical (unpaired) electrons. The third-order valence-corrected chi connectivity index (χ3v) is 7.79. The van der Waals surface area contributed by atoms with Crippen LogP contribution >= 0.6 is 11.6 Å². The first-order valence-electron chi connectivity index (χ1n) is 8.79. The lowest BCUT2D eigenvalue weighted by atomic mass is 9.86. The van der Waals surface area contributed by atoms with Crippen LogP contribution in [0.15, 0.2) is 23.1 Å². The second-order valence-electron chi connectivity index (χ2n) is 7.41. The number of halogens is 1. The van der Waals surface area contributed by atoms with Gasteiger partial charge >= 0.3 is 0 Å². The van der Waals surface area contributed by atoms with Gasteiger partial charge in [-0.15, -0.1) is 0 Å². The molecular weight excluding hydrogens is 360 g/mol. The zero-order chi connectivity index (χ0) is 18.2. The van der Waals surface area contributed by atoms with Gasteiger partial charge < -0.3 is 5.32 Å². The van der Waals surface area contributed by atoms with Crippen LogP contribution in [0.1, 0.15) is 42.5 Å². The second-order valence-corrected chi connectivity index (χ2v) is 9.97. The maximum absolute atomic E-state index is 12.4. The van der Waals surface area contributed by atoms with Crippen molar-refractivity contribution in [1.29, 1.82) is 0 Å². The number of carbonyl (C=O) groups is 1. The van der Waals surface area contributed by atoms with Gasteiger partial charge in [-0.05, 0) is 61.6 Å². The Labute approximate surface area is 154 Å². The van der Waals surface area contributed by atoms with E-state index in [0.29, 0.717) is 6.54 Å². The maximum atomic E-state index is 12.4. The van der Waals surface area contributed by atoms with Gasteiger partial charge in [0.2, 0.25) is 10.0 Å². The fourth-order valence-corrected chi connectivity index (χ4v) is 5.38. The molecular formula is C18H25ClN2O3S. The Bertz CT molecular complexity index is 764. The molecule has 0 aromatic heterocycles. The zero-order valence-electron chi connectivity index (χ0n) is 14.7. The molecule has 1 aromatic rings. The van der Waals surface area contributed by atoms with Crippen LogP contribution < -0.4 is 5.32 Å². The van der Waals surface area contributed by atoms with Crippen molar-refractivity contribution in [3.8, 4) is 0 Å². The summed E-state index contributed by atoms with van der Waals surface area (Å²) in [5, 5.41) is 3.16. The molecule has 5 nitrogen and oxygen atoms in total. The van der Waals surface area contributed by atoms with Crippen molar-refractivity contribution in [3.63, 3.8) is 0 Å². The van der Waals surface area contributed by atoms with Crippen LogP contribution in [0.4, 0.5) is 0 Å². The molecule has 0 heterocycles. The Kier molecular flexibility index (Phi) is 5.42. The number of rotatable bonds is 6. The highest BCUT2D eigenvalue weighted by Crippen LogP contribution is 2.49. The lowest BCUT2D eigenvalue weighted by Crippen LogP contribution is -2.28. The Morgan fingerprint density at radius 2 is 2.04 bits per heavy atom. The number of amides is 1. The van der Waals surface area contributed by atoms with E-state index >= 15 is 0 Å². The minimum Gasteiger partial charge on any atom is -0.352 e. The third kappa shape index (κ3) is 3.86. The van der Waals surface area contributed by atoms with Gasteiger partial charge in [0.05, 0.1) is 15.5 Å². The van der Waals surface area contributed by atoms with Crippen LogP contribution in [-0.2, 0) is 10.0 Å². The second kappa shape index (κ2) is 7.25. The van der Waals surface area contributed by atoms with E-state index in [1.54, 1.807) is 0 Å². The number of fused-ring (bicyclic) bond motifs is 2. The van der Waals surface area contributed by atoms with E-state index in [0.717, 1.165) is 28.5 Å². The number of nitrogens with zero attached hydrogens (tertiary/aromatic N) is 1. The SMILES string of the molecule is CN(C)S(=O)(=O)c1ccc(Cl)c(C(=O)NCCC2CC3CCC2C3)c1. The summed E-state index contributed by atoms with van der Waals surface area (Å²) in [6.07, 6.45) is 6.34. The standard InChI is InChI=1S/C18H25ClN2O3S/c1-21(2)25(23,24)15-5-6-17(19)16(11-15)18(22)20-8-7-14-10-12-3-4-13(14)9-12/h5-6,11-14H,3-4,7-10H2,1-2H3,(H,20,22). The summed E-state index contributed by atoms with van der Waals surface area (Å²) in [6, 6.07) is 4.23. The molecule has 3 rings (SSSR count). The van der Waals surface area contributed by atoms with Crippen molar-refractivity contribution in [3.05, 3.63) is 28.8 Å². The maximum Gasteiger partial charge on any atom is 0.252 e. The average molecular weight is 385 g/mol. The van der Waals surface area contributed by atoms with E-state index in [9.17, 15) is 13.2 Å². The highest BCUT2D eigenvalue weighted by atomic mass is 35.5. The fraction of sp³-hybridized carbons (Fsp3) is 0.611. The smallest absolute Gasteiger partial charge is 0.252 e.